The van der Waals surface area contributed by atoms with E-state index in [0.717, 1.165) is 6.41 Å². The smallest absolute Gasteiger partial charge is 0.410 e. The van der Waals surface area contributed by atoms with E-state index in [2.05, 4.69) is 15.9 Å². The van der Waals surface area contributed by atoms with Crippen LogP contribution in [0.4, 0.5) is 9.18 Å². The quantitative estimate of drug-likeness (QED) is 0.464. The lowest BCUT2D eigenvalue weighted by molar-refractivity contribution is -0.123. The molecule has 9 heteroatoms. The van der Waals surface area contributed by atoms with Gasteiger partial charge in [-0.3, -0.25) is 4.79 Å². The van der Waals surface area contributed by atoms with E-state index in [0.29, 0.717) is 37.4 Å². The fraction of sp³-hybridized carbons (Fsp3) is 0.579. The molecule has 1 aliphatic heterocycles. The van der Waals surface area contributed by atoms with Crippen molar-refractivity contribution in [1.82, 2.24) is 9.80 Å². The number of aryl methyl sites for hydroxylation is 1. The molecule has 2 amide bonds. The van der Waals surface area contributed by atoms with Gasteiger partial charge in [0.2, 0.25) is 6.41 Å². The van der Waals surface area contributed by atoms with Crippen LogP contribution < -0.4 is 4.74 Å². The number of amides is 2. The van der Waals surface area contributed by atoms with E-state index in [1.54, 1.807) is 16.7 Å². The van der Waals surface area contributed by atoms with Crippen molar-refractivity contribution < 1.29 is 23.5 Å². The summed E-state index contributed by atoms with van der Waals surface area (Å²) in [6.07, 6.45) is 0.873. The molecule has 0 spiro atoms. The highest BCUT2D eigenvalue weighted by molar-refractivity contribution is 9.10. The Labute approximate surface area is 178 Å². The van der Waals surface area contributed by atoms with Crippen LogP contribution in [0.1, 0.15) is 32.8 Å². The molecule has 0 radical (unpaired) electrons. The van der Waals surface area contributed by atoms with Crippen LogP contribution in [0.15, 0.2) is 10.5 Å². The molecule has 0 saturated carbocycles. The van der Waals surface area contributed by atoms with Gasteiger partial charge < -0.3 is 19.3 Å². The van der Waals surface area contributed by atoms with Crippen molar-refractivity contribution in [3.63, 3.8) is 0 Å². The number of carbonyl (C=O) groups excluding carboxylic acids is 2. The molecule has 28 heavy (non-hydrogen) atoms. The molecule has 0 aromatic heterocycles. The molecule has 0 N–H and O–H groups in total. The molecule has 1 unspecified atom stereocenters. The first kappa shape index (κ1) is 22.7. The van der Waals surface area contributed by atoms with Crippen LogP contribution in [0.2, 0.25) is 5.02 Å². The molecular weight excluding hydrogens is 455 g/mol. The maximum absolute atomic E-state index is 13.7. The second kappa shape index (κ2) is 9.31. The van der Waals surface area contributed by atoms with Crippen LogP contribution in [-0.4, -0.2) is 60.2 Å². The lowest BCUT2D eigenvalue weighted by Crippen LogP contribution is -2.55. The Bertz CT molecular complexity index is 742. The van der Waals surface area contributed by atoms with Gasteiger partial charge in [0.05, 0.1) is 22.1 Å². The van der Waals surface area contributed by atoms with Crippen LogP contribution in [0.5, 0.6) is 5.75 Å². The summed E-state index contributed by atoms with van der Waals surface area (Å²) in [6, 6.07) is 1.13. The number of rotatable bonds is 5. The predicted octanol–water partition coefficient (Wildman–Crippen LogP) is 4.40. The maximum atomic E-state index is 13.7. The highest BCUT2D eigenvalue weighted by atomic mass is 79.9. The van der Waals surface area contributed by atoms with Crippen LogP contribution in [0.25, 0.3) is 0 Å². The summed E-state index contributed by atoms with van der Waals surface area (Å²) in [6.45, 7) is 8.60. The van der Waals surface area contributed by atoms with Crippen molar-refractivity contribution in [2.75, 3.05) is 26.2 Å². The lowest BCUT2D eigenvalue weighted by Gasteiger charge is -2.39. The van der Waals surface area contributed by atoms with E-state index in [9.17, 15) is 14.0 Å². The number of piperazine rings is 1. The number of nitrogens with zero attached hydrogens (tertiary/aromatic N) is 2. The van der Waals surface area contributed by atoms with Crippen LogP contribution in [0.3, 0.4) is 0 Å². The Balaban J connectivity index is 2.00. The van der Waals surface area contributed by atoms with Gasteiger partial charge >= 0.3 is 6.09 Å². The zero-order valence-corrected chi connectivity index (χ0v) is 18.8. The second-order valence-corrected chi connectivity index (χ2v) is 8.86. The van der Waals surface area contributed by atoms with E-state index in [1.165, 1.54) is 6.07 Å². The largest absolute Gasteiger partial charge is 0.492 e. The van der Waals surface area contributed by atoms with Gasteiger partial charge in [-0.05, 0) is 55.3 Å². The average Bonchev–Trinajstić information content (AvgIpc) is 2.61. The highest BCUT2D eigenvalue weighted by Crippen LogP contribution is 2.37. The summed E-state index contributed by atoms with van der Waals surface area (Å²) in [5, 5.41) is 0.170. The second-order valence-electron chi connectivity index (χ2n) is 7.69. The molecule has 1 fully saturated rings. The monoisotopic (exact) mass is 478 g/mol. The Hall–Kier alpha value is -1.54. The fourth-order valence-electron chi connectivity index (χ4n) is 2.93. The van der Waals surface area contributed by atoms with Crippen LogP contribution in [0, 0.1) is 12.7 Å². The number of halogens is 3. The zero-order valence-electron chi connectivity index (χ0n) is 16.4. The van der Waals surface area contributed by atoms with Gasteiger partial charge in [-0.15, -0.1) is 0 Å². The average molecular weight is 480 g/mol. The maximum Gasteiger partial charge on any atom is 0.410 e. The van der Waals surface area contributed by atoms with Crippen molar-refractivity contribution in [3.05, 3.63) is 26.9 Å². The highest BCUT2D eigenvalue weighted by Gasteiger charge is 2.31. The van der Waals surface area contributed by atoms with E-state index in [1.807, 2.05) is 20.8 Å². The Morgan fingerprint density at radius 2 is 2.11 bits per heavy atom. The minimum atomic E-state index is -0.582. The summed E-state index contributed by atoms with van der Waals surface area (Å²) in [4.78, 5) is 26.9. The molecule has 156 valence electrons. The summed E-state index contributed by atoms with van der Waals surface area (Å²) in [5.41, 5.74) is -0.00109. The molecule has 1 aliphatic rings. The molecule has 0 bridgehead atoms. The van der Waals surface area contributed by atoms with Gasteiger partial charge in [-0.2, -0.15) is 0 Å². The van der Waals surface area contributed by atoms with Crippen molar-refractivity contribution in [2.45, 2.75) is 45.8 Å². The zero-order chi connectivity index (χ0) is 21.1. The minimum Gasteiger partial charge on any atom is -0.492 e. The first-order chi connectivity index (χ1) is 13.0. The van der Waals surface area contributed by atoms with Gasteiger partial charge in [0.1, 0.15) is 17.2 Å². The molecular formula is C19H25BrClFN2O4. The third-order valence-electron chi connectivity index (χ3n) is 4.32. The third kappa shape index (κ3) is 5.73. The fourth-order valence-corrected chi connectivity index (χ4v) is 3.52. The van der Waals surface area contributed by atoms with Gasteiger partial charge in [0.25, 0.3) is 0 Å². The topological polar surface area (TPSA) is 59.1 Å². The lowest BCUT2D eigenvalue weighted by atomic mass is 10.1. The van der Waals surface area contributed by atoms with E-state index in [4.69, 9.17) is 21.1 Å². The van der Waals surface area contributed by atoms with Crippen LogP contribution in [-0.2, 0) is 9.53 Å². The van der Waals surface area contributed by atoms with Crippen LogP contribution >= 0.6 is 27.5 Å². The first-order valence-electron chi connectivity index (χ1n) is 8.99. The van der Waals surface area contributed by atoms with E-state index in [-0.39, 0.29) is 22.1 Å². The molecule has 1 aromatic rings. The molecule has 1 atom stereocenters. The Kier molecular flexibility index (Phi) is 7.56. The van der Waals surface area contributed by atoms with Crippen molar-refractivity contribution in [1.29, 1.82) is 0 Å². The van der Waals surface area contributed by atoms with Gasteiger partial charge in [0, 0.05) is 26.1 Å². The molecule has 6 nitrogen and oxygen atoms in total. The summed E-state index contributed by atoms with van der Waals surface area (Å²) in [5.74, 6) is -0.0605. The Morgan fingerprint density at radius 1 is 1.43 bits per heavy atom. The summed E-state index contributed by atoms with van der Waals surface area (Å²) in [7, 11) is 0. The van der Waals surface area contributed by atoms with Crippen molar-refractivity contribution in [3.8, 4) is 5.75 Å². The van der Waals surface area contributed by atoms with Gasteiger partial charge in [-0.25, -0.2) is 9.18 Å². The molecule has 2 rings (SSSR count). The molecule has 1 heterocycles. The van der Waals surface area contributed by atoms with Crippen molar-refractivity contribution >= 4 is 40.0 Å². The van der Waals surface area contributed by atoms with Gasteiger partial charge in [0.15, 0.2) is 0 Å². The minimum absolute atomic E-state index is 0.151. The third-order valence-corrected chi connectivity index (χ3v) is 5.68. The number of hydrogen-bond acceptors (Lipinski definition) is 4. The number of benzene rings is 1. The van der Waals surface area contributed by atoms with E-state index >= 15 is 0 Å². The Morgan fingerprint density at radius 3 is 2.71 bits per heavy atom. The first-order valence-corrected chi connectivity index (χ1v) is 10.2. The number of ether oxygens (including phenoxy) is 2. The molecule has 0 aliphatic carbocycles. The van der Waals surface area contributed by atoms with Gasteiger partial charge in [-0.1, -0.05) is 11.6 Å². The van der Waals surface area contributed by atoms with E-state index < -0.39 is 17.5 Å². The normalized spacial score (nSPS) is 17.5. The standard InChI is InChI=1S/C19H25BrClFN2O4/c1-12-9-14(22)15(20)16(21)17(12)27-8-5-13-10-23(6-7-24(13)11-25)18(26)28-19(2,3)4/h9,11,13H,5-8,10H2,1-4H3. The predicted molar refractivity (Wildman–Crippen MR) is 108 cm³/mol. The summed E-state index contributed by atoms with van der Waals surface area (Å²) >= 11 is 9.26. The number of carbonyl (C=O) groups is 2. The molecule has 1 aromatic carbocycles. The molecule has 1 saturated heterocycles. The SMILES string of the molecule is Cc1cc(F)c(Br)c(Cl)c1OCCC1CN(C(=O)OC(C)(C)C)CCN1C=O. The number of hydrogen-bond donors (Lipinski definition) is 0. The summed E-state index contributed by atoms with van der Waals surface area (Å²) < 4.78 is 25.0. The van der Waals surface area contributed by atoms with Crippen molar-refractivity contribution in [2.24, 2.45) is 0 Å².